The van der Waals surface area contributed by atoms with Crippen LogP contribution in [0.4, 0.5) is 0 Å². The van der Waals surface area contributed by atoms with Crippen molar-refractivity contribution in [3.8, 4) is 11.3 Å². The Labute approximate surface area is 178 Å². The van der Waals surface area contributed by atoms with E-state index in [2.05, 4.69) is 63.7 Å². The molecular formula is C23H28N4O2S. The van der Waals surface area contributed by atoms with Crippen molar-refractivity contribution in [2.45, 2.75) is 25.9 Å². The second-order valence-electron chi connectivity index (χ2n) is 8.58. The van der Waals surface area contributed by atoms with Crippen LogP contribution in [0.5, 0.6) is 0 Å². The van der Waals surface area contributed by atoms with Gasteiger partial charge in [-0.15, -0.1) is 0 Å². The number of pyridine rings is 1. The van der Waals surface area contributed by atoms with Gasteiger partial charge in [0, 0.05) is 50.5 Å². The minimum Gasteiger partial charge on any atom is -0.302 e. The molecule has 0 bridgehead atoms. The lowest BCUT2D eigenvalue weighted by Crippen LogP contribution is -2.50. The molecule has 2 aliphatic rings. The van der Waals surface area contributed by atoms with Gasteiger partial charge in [-0.3, -0.25) is 9.80 Å². The number of benzene rings is 1. The molecule has 3 aromatic rings. The molecule has 158 valence electrons. The maximum absolute atomic E-state index is 11.8. The first kappa shape index (κ1) is 19.7. The van der Waals surface area contributed by atoms with E-state index in [9.17, 15) is 8.42 Å². The van der Waals surface area contributed by atoms with Crippen LogP contribution in [-0.2, 0) is 16.4 Å². The van der Waals surface area contributed by atoms with Gasteiger partial charge < -0.3 is 4.40 Å². The number of sulfone groups is 1. The third-order valence-electron chi connectivity index (χ3n) is 6.42. The topological polar surface area (TPSA) is 57.9 Å². The number of hydrogen-bond donors (Lipinski definition) is 0. The summed E-state index contributed by atoms with van der Waals surface area (Å²) < 4.78 is 25.9. The molecule has 2 saturated heterocycles. The number of rotatable bonds is 4. The predicted octanol–water partition coefficient (Wildman–Crippen LogP) is 2.61. The number of fused-ring (bicyclic) bond motifs is 1. The smallest absolute Gasteiger partial charge is 0.151 e. The first-order valence-corrected chi connectivity index (χ1v) is 12.5. The molecule has 4 heterocycles. The molecule has 0 spiro atoms. The zero-order valence-corrected chi connectivity index (χ0v) is 18.2. The van der Waals surface area contributed by atoms with Crippen LogP contribution in [0.25, 0.3) is 16.9 Å². The molecule has 2 fully saturated rings. The minimum atomic E-state index is -2.83. The zero-order chi connectivity index (χ0) is 20.7. The van der Waals surface area contributed by atoms with Gasteiger partial charge in [0.05, 0.1) is 22.9 Å². The highest BCUT2D eigenvalue weighted by atomic mass is 32.2. The lowest BCUT2D eigenvalue weighted by molar-refractivity contribution is 0.0992. The Morgan fingerprint density at radius 2 is 1.80 bits per heavy atom. The Morgan fingerprint density at radius 3 is 2.50 bits per heavy atom. The number of aromatic nitrogens is 2. The van der Waals surface area contributed by atoms with Gasteiger partial charge in [-0.05, 0) is 25.0 Å². The van der Waals surface area contributed by atoms with Crippen LogP contribution in [0.3, 0.4) is 0 Å². The number of piperazine rings is 1. The molecule has 0 unspecified atom stereocenters. The van der Waals surface area contributed by atoms with E-state index in [-0.39, 0.29) is 6.04 Å². The van der Waals surface area contributed by atoms with Gasteiger partial charge in [-0.2, -0.15) is 0 Å². The molecule has 6 nitrogen and oxygen atoms in total. The summed E-state index contributed by atoms with van der Waals surface area (Å²) in [5, 5.41) is 0. The fraction of sp³-hybridized carbons (Fsp3) is 0.435. The average molecular weight is 425 g/mol. The summed E-state index contributed by atoms with van der Waals surface area (Å²) in [6, 6.07) is 14.8. The van der Waals surface area contributed by atoms with E-state index in [1.807, 2.05) is 6.07 Å². The van der Waals surface area contributed by atoms with E-state index in [1.54, 1.807) is 0 Å². The van der Waals surface area contributed by atoms with Crippen molar-refractivity contribution in [2.75, 3.05) is 37.7 Å². The van der Waals surface area contributed by atoms with Crippen molar-refractivity contribution >= 4 is 15.5 Å². The van der Waals surface area contributed by atoms with E-state index < -0.39 is 9.84 Å². The standard InChI is InChI=1S/C23H28N4O2S/c1-18-7-8-22-24-23(19-5-3-2-4-6-19)21(27(22)15-18)16-25-10-12-26(13-11-25)20-9-14-30(28,29)17-20/h2-8,15,20H,9-14,16-17H2,1H3/t20-/m1/s1. The second kappa shape index (κ2) is 7.80. The third-order valence-corrected chi connectivity index (χ3v) is 8.17. The molecule has 0 aliphatic carbocycles. The largest absolute Gasteiger partial charge is 0.302 e. The van der Waals surface area contributed by atoms with Gasteiger partial charge in [0.2, 0.25) is 0 Å². The van der Waals surface area contributed by atoms with Gasteiger partial charge in [0.1, 0.15) is 5.65 Å². The summed E-state index contributed by atoms with van der Waals surface area (Å²) >= 11 is 0. The molecule has 30 heavy (non-hydrogen) atoms. The molecule has 0 amide bonds. The summed E-state index contributed by atoms with van der Waals surface area (Å²) in [6.07, 6.45) is 2.96. The molecule has 0 saturated carbocycles. The highest BCUT2D eigenvalue weighted by molar-refractivity contribution is 7.91. The molecule has 5 rings (SSSR count). The Bertz CT molecular complexity index is 1150. The Hall–Kier alpha value is -2.22. The van der Waals surface area contributed by atoms with Crippen molar-refractivity contribution in [3.05, 3.63) is 59.9 Å². The molecule has 2 aromatic heterocycles. The van der Waals surface area contributed by atoms with Gasteiger partial charge in [0.25, 0.3) is 0 Å². The number of nitrogens with zero attached hydrogens (tertiary/aromatic N) is 4. The monoisotopic (exact) mass is 424 g/mol. The van der Waals surface area contributed by atoms with Crippen LogP contribution in [0, 0.1) is 6.92 Å². The quantitative estimate of drug-likeness (QED) is 0.644. The lowest BCUT2D eigenvalue weighted by atomic mass is 10.1. The van der Waals surface area contributed by atoms with E-state index in [1.165, 1.54) is 11.3 Å². The van der Waals surface area contributed by atoms with Crippen molar-refractivity contribution in [3.63, 3.8) is 0 Å². The van der Waals surface area contributed by atoms with Crippen LogP contribution >= 0.6 is 0 Å². The van der Waals surface area contributed by atoms with Crippen LogP contribution in [-0.4, -0.2) is 71.3 Å². The van der Waals surface area contributed by atoms with Crippen LogP contribution < -0.4 is 0 Å². The van der Waals surface area contributed by atoms with E-state index in [0.29, 0.717) is 11.5 Å². The fourth-order valence-electron chi connectivity index (χ4n) is 4.74. The second-order valence-corrected chi connectivity index (χ2v) is 10.8. The van der Waals surface area contributed by atoms with Crippen LogP contribution in [0.2, 0.25) is 0 Å². The molecule has 1 aromatic carbocycles. The van der Waals surface area contributed by atoms with E-state index in [4.69, 9.17) is 4.98 Å². The fourth-order valence-corrected chi connectivity index (χ4v) is 6.50. The molecular weight excluding hydrogens is 396 g/mol. The summed E-state index contributed by atoms with van der Waals surface area (Å²) in [7, 11) is -2.83. The van der Waals surface area contributed by atoms with Gasteiger partial charge in [-0.25, -0.2) is 13.4 Å². The summed E-state index contributed by atoms with van der Waals surface area (Å²) in [5.74, 6) is 0.678. The van der Waals surface area contributed by atoms with Crippen molar-refractivity contribution in [2.24, 2.45) is 0 Å². The predicted molar refractivity (Wildman–Crippen MR) is 119 cm³/mol. The first-order chi connectivity index (χ1) is 14.5. The molecule has 0 N–H and O–H groups in total. The maximum atomic E-state index is 11.8. The Kier molecular flexibility index (Phi) is 5.13. The van der Waals surface area contributed by atoms with Gasteiger partial charge >= 0.3 is 0 Å². The van der Waals surface area contributed by atoms with Crippen molar-refractivity contribution in [1.29, 1.82) is 0 Å². The molecule has 0 radical (unpaired) electrons. The SMILES string of the molecule is Cc1ccc2nc(-c3ccccc3)c(CN3CCN([C@@H]4CCS(=O)(=O)C4)CC3)n2c1. The van der Waals surface area contributed by atoms with Crippen LogP contribution in [0.15, 0.2) is 48.7 Å². The highest BCUT2D eigenvalue weighted by Gasteiger charge is 2.33. The lowest BCUT2D eigenvalue weighted by Gasteiger charge is -2.37. The normalized spacial score (nSPS) is 22.6. The Balaban J connectivity index is 1.37. The highest BCUT2D eigenvalue weighted by Crippen LogP contribution is 2.27. The van der Waals surface area contributed by atoms with Crippen molar-refractivity contribution < 1.29 is 8.42 Å². The van der Waals surface area contributed by atoms with Crippen molar-refractivity contribution in [1.82, 2.24) is 19.2 Å². The van der Waals surface area contributed by atoms with E-state index in [0.717, 1.165) is 56.0 Å². The Morgan fingerprint density at radius 1 is 1.03 bits per heavy atom. The molecule has 7 heteroatoms. The molecule has 1 atom stereocenters. The minimum absolute atomic E-state index is 0.204. The first-order valence-electron chi connectivity index (χ1n) is 10.7. The van der Waals surface area contributed by atoms with Gasteiger partial charge in [0.15, 0.2) is 9.84 Å². The maximum Gasteiger partial charge on any atom is 0.151 e. The number of aryl methyl sites for hydroxylation is 1. The van der Waals surface area contributed by atoms with Crippen LogP contribution in [0.1, 0.15) is 17.7 Å². The average Bonchev–Trinajstić information content (AvgIpc) is 3.29. The number of imidazole rings is 1. The third kappa shape index (κ3) is 3.89. The molecule has 2 aliphatic heterocycles. The number of hydrogen-bond acceptors (Lipinski definition) is 5. The van der Waals surface area contributed by atoms with E-state index >= 15 is 0 Å². The summed E-state index contributed by atoms with van der Waals surface area (Å²) in [6.45, 7) is 6.70. The summed E-state index contributed by atoms with van der Waals surface area (Å²) in [5.41, 5.74) is 5.60. The van der Waals surface area contributed by atoms with Gasteiger partial charge in [-0.1, -0.05) is 36.4 Å². The zero-order valence-electron chi connectivity index (χ0n) is 17.4. The summed E-state index contributed by atoms with van der Waals surface area (Å²) in [4.78, 5) is 9.79.